The van der Waals surface area contributed by atoms with E-state index in [1.807, 2.05) is 61.5 Å². The van der Waals surface area contributed by atoms with Crippen molar-refractivity contribution in [2.75, 3.05) is 11.9 Å². The van der Waals surface area contributed by atoms with Gasteiger partial charge in [0.1, 0.15) is 5.75 Å². The molecule has 6 heteroatoms. The summed E-state index contributed by atoms with van der Waals surface area (Å²) in [5.74, 6) is 0.584. The zero-order valence-electron chi connectivity index (χ0n) is 13.5. The number of carbonyl (C=O) groups excluding carboxylic acids is 1. The third-order valence-corrected chi connectivity index (χ3v) is 3.44. The lowest BCUT2D eigenvalue weighted by atomic mass is 10.1. The number of rotatable bonds is 6. The Kier molecular flexibility index (Phi) is 7.04. The van der Waals surface area contributed by atoms with E-state index in [0.717, 1.165) is 11.3 Å². The van der Waals surface area contributed by atoms with Crippen molar-refractivity contribution in [1.82, 2.24) is 10.9 Å². The SMILES string of the molecule is CCOc1ccccc1NC(=S)NNC(=O)CCc1ccccc1. The number of benzene rings is 2. The smallest absolute Gasteiger partial charge is 0.238 e. The molecule has 0 heterocycles. The summed E-state index contributed by atoms with van der Waals surface area (Å²) in [4.78, 5) is 11.9. The maximum absolute atomic E-state index is 11.9. The standard InChI is InChI=1S/C18H21N3O2S/c1-2-23-16-11-7-6-10-15(16)19-18(24)21-20-17(22)13-12-14-8-4-3-5-9-14/h3-11H,2,12-13H2,1H3,(H,20,22)(H2,19,21,24). The van der Waals surface area contributed by atoms with Crippen LogP contribution in [0.1, 0.15) is 18.9 Å². The minimum absolute atomic E-state index is 0.124. The molecule has 2 rings (SSSR count). The van der Waals surface area contributed by atoms with E-state index in [1.165, 1.54) is 0 Å². The van der Waals surface area contributed by atoms with Crippen LogP contribution in [0, 0.1) is 0 Å². The van der Waals surface area contributed by atoms with Gasteiger partial charge in [-0.25, -0.2) is 0 Å². The number of carbonyl (C=O) groups is 1. The number of nitrogens with one attached hydrogen (secondary N) is 3. The van der Waals surface area contributed by atoms with Crippen LogP contribution in [0.25, 0.3) is 0 Å². The first-order valence-corrected chi connectivity index (χ1v) is 8.21. The Bertz CT molecular complexity index is 677. The van der Waals surface area contributed by atoms with Gasteiger partial charge in [0, 0.05) is 6.42 Å². The van der Waals surface area contributed by atoms with Gasteiger partial charge < -0.3 is 10.1 Å². The molecule has 0 bridgehead atoms. The first kappa shape index (κ1) is 17.7. The molecule has 0 unspecified atom stereocenters. The van der Waals surface area contributed by atoms with E-state index in [0.29, 0.717) is 30.3 Å². The topological polar surface area (TPSA) is 62.4 Å². The molecule has 0 saturated heterocycles. The van der Waals surface area contributed by atoms with E-state index < -0.39 is 0 Å². The third kappa shape index (κ3) is 5.89. The van der Waals surface area contributed by atoms with E-state index >= 15 is 0 Å². The molecule has 1 amide bonds. The van der Waals surface area contributed by atoms with Crippen LogP contribution >= 0.6 is 12.2 Å². The van der Waals surface area contributed by atoms with Gasteiger partial charge in [-0.05, 0) is 43.3 Å². The highest BCUT2D eigenvalue weighted by molar-refractivity contribution is 7.80. The van der Waals surface area contributed by atoms with Crippen LogP contribution in [0.2, 0.25) is 0 Å². The van der Waals surface area contributed by atoms with E-state index in [9.17, 15) is 4.79 Å². The summed E-state index contributed by atoms with van der Waals surface area (Å²) in [6.45, 7) is 2.48. The maximum atomic E-state index is 11.9. The fourth-order valence-electron chi connectivity index (χ4n) is 2.10. The molecule has 0 aliphatic carbocycles. The van der Waals surface area contributed by atoms with Crippen molar-refractivity contribution in [2.45, 2.75) is 19.8 Å². The Balaban J connectivity index is 1.75. The van der Waals surface area contributed by atoms with Gasteiger partial charge in [-0.3, -0.25) is 15.6 Å². The number of hydrogen-bond donors (Lipinski definition) is 3. The van der Waals surface area contributed by atoms with Crippen molar-refractivity contribution >= 4 is 28.9 Å². The van der Waals surface area contributed by atoms with Crippen LogP contribution < -0.4 is 20.9 Å². The third-order valence-electron chi connectivity index (χ3n) is 3.23. The Morgan fingerprint density at radius 3 is 2.50 bits per heavy atom. The molecule has 24 heavy (non-hydrogen) atoms. The molecule has 0 aliphatic heterocycles. The fraction of sp³-hybridized carbons (Fsp3) is 0.222. The van der Waals surface area contributed by atoms with Gasteiger partial charge in [0.05, 0.1) is 12.3 Å². The Morgan fingerprint density at radius 2 is 1.75 bits per heavy atom. The average Bonchev–Trinajstić information content (AvgIpc) is 2.61. The maximum Gasteiger partial charge on any atom is 0.238 e. The van der Waals surface area contributed by atoms with E-state index in [2.05, 4.69) is 16.2 Å². The number of thiocarbonyl (C=S) groups is 1. The molecule has 0 fully saturated rings. The number of amides is 1. The molecule has 5 nitrogen and oxygen atoms in total. The van der Waals surface area contributed by atoms with Gasteiger partial charge in [0.25, 0.3) is 0 Å². The minimum atomic E-state index is -0.124. The molecule has 3 N–H and O–H groups in total. The number of hydrogen-bond acceptors (Lipinski definition) is 3. The number of anilines is 1. The minimum Gasteiger partial charge on any atom is -0.492 e. The van der Waals surface area contributed by atoms with Crippen molar-refractivity contribution in [3.63, 3.8) is 0 Å². The zero-order chi connectivity index (χ0) is 17.2. The first-order chi connectivity index (χ1) is 11.7. The van der Waals surface area contributed by atoms with Crippen molar-refractivity contribution in [3.05, 3.63) is 60.2 Å². The van der Waals surface area contributed by atoms with E-state index in [-0.39, 0.29) is 5.91 Å². The fourth-order valence-corrected chi connectivity index (χ4v) is 2.26. The number of ether oxygens (including phenoxy) is 1. The van der Waals surface area contributed by atoms with Crippen molar-refractivity contribution in [3.8, 4) is 5.75 Å². The number of aryl methyl sites for hydroxylation is 1. The van der Waals surface area contributed by atoms with Crippen molar-refractivity contribution in [1.29, 1.82) is 0 Å². The number of hydrazine groups is 1. The molecule has 2 aromatic carbocycles. The Hall–Kier alpha value is -2.60. The van der Waals surface area contributed by atoms with Crippen molar-refractivity contribution in [2.24, 2.45) is 0 Å². The summed E-state index contributed by atoms with van der Waals surface area (Å²) < 4.78 is 5.51. The summed E-state index contributed by atoms with van der Waals surface area (Å²) in [5.41, 5.74) is 7.16. The normalized spacial score (nSPS) is 9.88. The Morgan fingerprint density at radius 1 is 1.04 bits per heavy atom. The highest BCUT2D eigenvalue weighted by Crippen LogP contribution is 2.23. The van der Waals surface area contributed by atoms with E-state index in [4.69, 9.17) is 17.0 Å². The zero-order valence-corrected chi connectivity index (χ0v) is 14.4. The second kappa shape index (κ2) is 9.52. The van der Waals surface area contributed by atoms with Crippen molar-refractivity contribution < 1.29 is 9.53 Å². The summed E-state index contributed by atoms with van der Waals surface area (Å²) in [6, 6.07) is 17.3. The van der Waals surface area contributed by atoms with Crippen LogP contribution in [-0.4, -0.2) is 17.6 Å². The van der Waals surface area contributed by atoms with Crippen LogP contribution in [0.15, 0.2) is 54.6 Å². The predicted molar refractivity (Wildman–Crippen MR) is 99.9 cm³/mol. The summed E-state index contributed by atoms with van der Waals surface area (Å²) in [5, 5.41) is 3.31. The van der Waals surface area contributed by atoms with Crippen LogP contribution in [-0.2, 0) is 11.2 Å². The second-order valence-corrected chi connectivity index (χ2v) is 5.45. The molecule has 0 aliphatic rings. The molecule has 126 valence electrons. The molecule has 0 aromatic heterocycles. The molecule has 0 atom stereocenters. The van der Waals surface area contributed by atoms with Gasteiger partial charge in [0.2, 0.25) is 5.91 Å². The summed E-state index contributed by atoms with van der Waals surface area (Å²) >= 11 is 5.18. The lowest BCUT2D eigenvalue weighted by Gasteiger charge is -2.14. The van der Waals surface area contributed by atoms with Gasteiger partial charge >= 0.3 is 0 Å². The second-order valence-electron chi connectivity index (χ2n) is 5.04. The van der Waals surface area contributed by atoms with Gasteiger partial charge in [0.15, 0.2) is 5.11 Å². The van der Waals surface area contributed by atoms with Crippen LogP contribution in [0.3, 0.4) is 0 Å². The average molecular weight is 343 g/mol. The monoisotopic (exact) mass is 343 g/mol. The number of para-hydroxylation sites is 2. The van der Waals surface area contributed by atoms with Crippen LogP contribution in [0.5, 0.6) is 5.75 Å². The van der Waals surface area contributed by atoms with Gasteiger partial charge in [-0.1, -0.05) is 42.5 Å². The summed E-state index contributed by atoms with van der Waals surface area (Å²) in [6.07, 6.45) is 1.07. The van der Waals surface area contributed by atoms with Gasteiger partial charge in [-0.15, -0.1) is 0 Å². The molecule has 0 saturated carbocycles. The van der Waals surface area contributed by atoms with E-state index in [1.54, 1.807) is 0 Å². The lowest BCUT2D eigenvalue weighted by Crippen LogP contribution is -2.43. The molecule has 0 radical (unpaired) electrons. The molecule has 2 aromatic rings. The van der Waals surface area contributed by atoms with Crippen LogP contribution in [0.4, 0.5) is 5.69 Å². The Labute approximate surface area is 147 Å². The summed E-state index contributed by atoms with van der Waals surface area (Å²) in [7, 11) is 0. The molecule has 0 spiro atoms. The molecular formula is C18H21N3O2S. The first-order valence-electron chi connectivity index (χ1n) is 7.80. The van der Waals surface area contributed by atoms with Gasteiger partial charge in [-0.2, -0.15) is 0 Å². The predicted octanol–water partition coefficient (Wildman–Crippen LogP) is 3.04. The quantitative estimate of drug-likeness (QED) is 0.556. The largest absolute Gasteiger partial charge is 0.492 e. The molecular weight excluding hydrogens is 322 g/mol. The highest BCUT2D eigenvalue weighted by atomic mass is 32.1. The lowest BCUT2D eigenvalue weighted by molar-refractivity contribution is -0.121. The highest BCUT2D eigenvalue weighted by Gasteiger charge is 2.06.